The molecule has 3 aromatic carbocycles. The summed E-state index contributed by atoms with van der Waals surface area (Å²) in [6.45, 7) is 1.02. The van der Waals surface area contributed by atoms with Gasteiger partial charge in [0.1, 0.15) is 5.82 Å². The van der Waals surface area contributed by atoms with Crippen LogP contribution in [-0.4, -0.2) is 84.3 Å². The van der Waals surface area contributed by atoms with Crippen LogP contribution in [0.1, 0.15) is 36.6 Å². The first kappa shape index (κ1) is 27.4. The molecule has 3 heterocycles. The molecule has 13 heteroatoms. The van der Waals surface area contributed by atoms with Gasteiger partial charge in [0.05, 0.1) is 17.6 Å². The van der Waals surface area contributed by atoms with Crippen molar-refractivity contribution in [2.45, 2.75) is 6.54 Å². The zero-order valence-electron chi connectivity index (χ0n) is 22.8. The molecular formula is C30H25FN8O4. The molecule has 12 nitrogen and oxygen atoms in total. The van der Waals surface area contributed by atoms with E-state index in [-0.39, 0.29) is 61.0 Å². The monoisotopic (exact) mass is 580 g/mol. The molecule has 0 saturated carbocycles. The Morgan fingerprint density at radius 1 is 0.837 bits per heavy atom. The van der Waals surface area contributed by atoms with Crippen LogP contribution in [0.5, 0.6) is 0 Å². The van der Waals surface area contributed by atoms with Crippen LogP contribution in [-0.2, 0) is 11.3 Å². The third-order valence-corrected chi connectivity index (χ3v) is 7.29. The minimum atomic E-state index is -0.882. The summed E-state index contributed by atoms with van der Waals surface area (Å²) in [5.74, 6) is -3.01. The molecule has 1 saturated heterocycles. The Morgan fingerprint density at radius 2 is 1.53 bits per heavy atom. The third-order valence-electron chi connectivity index (χ3n) is 7.29. The molecule has 0 aliphatic carbocycles. The highest BCUT2D eigenvalue weighted by Crippen LogP contribution is 2.27. The van der Waals surface area contributed by atoms with E-state index in [1.807, 2.05) is 6.07 Å². The number of benzene rings is 3. The summed E-state index contributed by atoms with van der Waals surface area (Å²) in [7, 11) is 0. The second-order valence-corrected chi connectivity index (χ2v) is 10.0. The van der Waals surface area contributed by atoms with Crippen LogP contribution in [0.2, 0.25) is 0 Å². The fraction of sp³-hybridized carbons (Fsp3) is 0.167. The number of fused-ring (bicyclic) bond motifs is 1. The van der Waals surface area contributed by atoms with Crippen molar-refractivity contribution in [3.8, 4) is 5.95 Å². The van der Waals surface area contributed by atoms with Crippen molar-refractivity contribution in [2.75, 3.05) is 26.2 Å². The zero-order chi connectivity index (χ0) is 30.1. The van der Waals surface area contributed by atoms with E-state index in [2.05, 4.69) is 15.4 Å². The van der Waals surface area contributed by atoms with Gasteiger partial charge in [-0.05, 0) is 47.2 Å². The maximum absolute atomic E-state index is 15.1. The molecule has 2 N–H and O–H groups in total. The molecule has 1 aliphatic rings. The minimum absolute atomic E-state index is 0.0377. The van der Waals surface area contributed by atoms with Gasteiger partial charge in [-0.15, -0.1) is 5.10 Å². The molecule has 0 atom stereocenters. The molecule has 3 amide bonds. The highest BCUT2D eigenvalue weighted by atomic mass is 19.1. The number of Topliss-reactive ketones (excluding diaryl/α,β-unsaturated/α-hetero) is 1. The van der Waals surface area contributed by atoms with Gasteiger partial charge in [0, 0.05) is 48.9 Å². The van der Waals surface area contributed by atoms with Crippen molar-refractivity contribution in [2.24, 2.45) is 5.73 Å². The van der Waals surface area contributed by atoms with Crippen molar-refractivity contribution in [1.29, 1.82) is 0 Å². The molecule has 43 heavy (non-hydrogen) atoms. The van der Waals surface area contributed by atoms with Crippen LogP contribution >= 0.6 is 0 Å². The summed E-state index contributed by atoms with van der Waals surface area (Å²) in [6, 6.07) is 19.8. The smallest absolute Gasteiger partial charge is 0.295 e. The van der Waals surface area contributed by atoms with Crippen LogP contribution in [0.4, 0.5) is 4.39 Å². The van der Waals surface area contributed by atoms with Gasteiger partial charge in [-0.3, -0.25) is 23.7 Å². The first-order valence-electron chi connectivity index (χ1n) is 13.4. The fourth-order valence-electron chi connectivity index (χ4n) is 5.10. The Labute approximate surface area is 244 Å². The number of rotatable bonds is 7. The standard InChI is InChI=1S/C30H25FN8O4/c31-23-10-5-11-24-25(23)22(18-38(24)30-33-35-39(34-30)17-19-6-4-9-21(16-19)27(32)41)26(40)29(43)37-14-12-36(13-15-37)28(42)20-7-2-1-3-8-20/h1-11,16,18H,12-15,17H2,(H2,32,41). The highest BCUT2D eigenvalue weighted by molar-refractivity contribution is 6.45. The summed E-state index contributed by atoms with van der Waals surface area (Å²) < 4.78 is 16.5. The lowest BCUT2D eigenvalue weighted by atomic mass is 10.1. The SMILES string of the molecule is NC(=O)c1cccc(Cn2nnc(-n3cc(C(=O)C(=O)N4CCN(C(=O)c5ccccc5)CC4)c4c(F)cccc43)n2)c1. The summed E-state index contributed by atoms with van der Waals surface area (Å²) in [6.07, 6.45) is 1.33. The average molecular weight is 581 g/mol. The number of nitrogens with two attached hydrogens (primary N) is 1. The number of hydrogen-bond donors (Lipinski definition) is 1. The van der Waals surface area contributed by atoms with Crippen molar-refractivity contribution >= 4 is 34.4 Å². The van der Waals surface area contributed by atoms with Crippen LogP contribution in [0.25, 0.3) is 16.9 Å². The lowest BCUT2D eigenvalue weighted by Crippen LogP contribution is -2.52. The zero-order valence-corrected chi connectivity index (χ0v) is 22.8. The predicted octanol–water partition coefficient (Wildman–Crippen LogP) is 2.07. The van der Waals surface area contributed by atoms with Crippen LogP contribution in [0.3, 0.4) is 0 Å². The molecule has 1 fully saturated rings. The Bertz CT molecular complexity index is 1880. The number of hydrogen-bond acceptors (Lipinski definition) is 7. The van der Waals surface area contributed by atoms with Gasteiger partial charge in [0.25, 0.3) is 23.5 Å². The van der Waals surface area contributed by atoms with Gasteiger partial charge in [-0.25, -0.2) is 4.39 Å². The van der Waals surface area contributed by atoms with Gasteiger partial charge in [0.2, 0.25) is 5.91 Å². The topological polar surface area (TPSA) is 149 Å². The Kier molecular flexibility index (Phi) is 7.20. The van der Waals surface area contributed by atoms with E-state index in [4.69, 9.17) is 5.73 Å². The number of halogens is 1. The third kappa shape index (κ3) is 5.35. The van der Waals surface area contributed by atoms with Crippen LogP contribution < -0.4 is 5.73 Å². The number of aromatic nitrogens is 5. The fourth-order valence-corrected chi connectivity index (χ4v) is 5.10. The predicted molar refractivity (Wildman–Crippen MR) is 152 cm³/mol. The number of piperazine rings is 1. The van der Waals surface area contributed by atoms with Gasteiger partial charge < -0.3 is 15.5 Å². The maximum Gasteiger partial charge on any atom is 0.295 e. The van der Waals surface area contributed by atoms with Crippen molar-refractivity contribution in [3.63, 3.8) is 0 Å². The summed E-state index contributed by atoms with van der Waals surface area (Å²) in [5, 5.41) is 12.4. The van der Waals surface area contributed by atoms with E-state index in [0.717, 1.165) is 0 Å². The molecule has 0 bridgehead atoms. The van der Waals surface area contributed by atoms with Crippen LogP contribution in [0.15, 0.2) is 79.0 Å². The Hall–Kier alpha value is -5.72. The summed E-state index contributed by atoms with van der Waals surface area (Å²) in [4.78, 5) is 55.3. The molecule has 2 aromatic heterocycles. The number of carbonyl (C=O) groups is 4. The van der Waals surface area contributed by atoms with Crippen molar-refractivity contribution < 1.29 is 23.6 Å². The number of amides is 3. The molecule has 1 aliphatic heterocycles. The minimum Gasteiger partial charge on any atom is -0.366 e. The number of nitrogens with zero attached hydrogens (tertiary/aromatic N) is 7. The molecule has 6 rings (SSSR count). The van der Waals surface area contributed by atoms with Crippen molar-refractivity contribution in [3.05, 3.63) is 107 Å². The lowest BCUT2D eigenvalue weighted by molar-refractivity contribution is -0.127. The number of tetrazole rings is 1. The maximum atomic E-state index is 15.1. The van der Waals surface area contributed by atoms with E-state index >= 15 is 4.39 Å². The van der Waals surface area contributed by atoms with Crippen LogP contribution in [0, 0.1) is 5.82 Å². The second-order valence-electron chi connectivity index (χ2n) is 10.0. The number of carbonyl (C=O) groups excluding carboxylic acids is 4. The molecule has 5 aromatic rings. The van der Waals surface area contributed by atoms with Gasteiger partial charge in [-0.2, -0.15) is 4.80 Å². The largest absolute Gasteiger partial charge is 0.366 e. The second kappa shape index (κ2) is 11.3. The van der Waals surface area contributed by atoms with E-state index < -0.39 is 23.4 Å². The van der Waals surface area contributed by atoms with Gasteiger partial charge in [-0.1, -0.05) is 41.5 Å². The molecular weight excluding hydrogens is 555 g/mol. The van der Waals surface area contributed by atoms with Crippen molar-refractivity contribution in [1.82, 2.24) is 34.6 Å². The van der Waals surface area contributed by atoms with E-state index in [0.29, 0.717) is 16.7 Å². The van der Waals surface area contributed by atoms with Gasteiger partial charge >= 0.3 is 0 Å². The molecule has 0 radical (unpaired) electrons. The van der Waals surface area contributed by atoms with Gasteiger partial charge in [0.15, 0.2) is 0 Å². The summed E-state index contributed by atoms with van der Waals surface area (Å²) >= 11 is 0. The first-order valence-corrected chi connectivity index (χ1v) is 13.4. The Morgan fingerprint density at radius 3 is 2.28 bits per heavy atom. The number of ketones is 1. The quantitative estimate of drug-likeness (QED) is 0.229. The highest BCUT2D eigenvalue weighted by Gasteiger charge is 2.31. The lowest BCUT2D eigenvalue weighted by Gasteiger charge is -2.34. The first-order chi connectivity index (χ1) is 20.8. The Balaban J connectivity index is 1.22. The molecule has 0 spiro atoms. The summed E-state index contributed by atoms with van der Waals surface area (Å²) in [5.41, 5.74) is 7.10. The molecule has 216 valence electrons. The molecule has 0 unspecified atom stereocenters. The number of primary amides is 1. The van der Waals surface area contributed by atoms with E-state index in [9.17, 15) is 19.2 Å². The van der Waals surface area contributed by atoms with E-state index in [1.54, 1.807) is 59.5 Å². The average Bonchev–Trinajstić information content (AvgIpc) is 3.66. The van der Waals surface area contributed by atoms with E-state index in [1.165, 1.54) is 32.6 Å². The normalized spacial score (nSPS) is 13.3.